The van der Waals surface area contributed by atoms with E-state index in [9.17, 15) is 0 Å². The zero-order valence-corrected chi connectivity index (χ0v) is 18.1. The lowest BCUT2D eigenvalue weighted by Crippen LogP contribution is -1.95. The number of thiazole rings is 1. The third-order valence-corrected chi connectivity index (χ3v) is 6.45. The number of hydrogen-bond donors (Lipinski definition) is 0. The van der Waals surface area contributed by atoms with Crippen LogP contribution >= 0.6 is 23.1 Å². The van der Waals surface area contributed by atoms with E-state index in [4.69, 9.17) is 18.9 Å². The van der Waals surface area contributed by atoms with Gasteiger partial charge in [0.2, 0.25) is 0 Å². The van der Waals surface area contributed by atoms with Crippen molar-refractivity contribution in [3.63, 3.8) is 0 Å². The van der Waals surface area contributed by atoms with E-state index in [2.05, 4.69) is 15.6 Å². The number of aromatic nitrogens is 4. The molecule has 9 heteroatoms. The van der Waals surface area contributed by atoms with Gasteiger partial charge in [0.25, 0.3) is 0 Å². The van der Waals surface area contributed by atoms with Crippen molar-refractivity contribution >= 4 is 23.1 Å². The molecule has 0 unspecified atom stereocenters. The molecule has 150 valence electrons. The van der Waals surface area contributed by atoms with Crippen molar-refractivity contribution in [2.24, 2.45) is 7.05 Å². The molecule has 0 atom stereocenters. The molecule has 0 radical (unpaired) electrons. The first kappa shape index (κ1) is 19.5. The summed E-state index contributed by atoms with van der Waals surface area (Å²) < 4.78 is 18.3. The fraction of sp³-hybridized carbons (Fsp3) is 0.250. The minimum absolute atomic E-state index is 0.692. The molecule has 0 fully saturated rings. The van der Waals surface area contributed by atoms with Gasteiger partial charge in [-0.15, -0.1) is 21.5 Å². The maximum atomic E-state index is 5.53. The monoisotopic (exact) mass is 428 g/mol. The van der Waals surface area contributed by atoms with Crippen molar-refractivity contribution in [3.8, 4) is 33.5 Å². The van der Waals surface area contributed by atoms with Crippen molar-refractivity contribution in [2.75, 3.05) is 14.2 Å². The van der Waals surface area contributed by atoms with E-state index in [-0.39, 0.29) is 0 Å². The Hall–Kier alpha value is -2.78. The normalized spacial score (nSPS) is 11.0. The Bertz CT molecular complexity index is 1130. The number of furan rings is 1. The van der Waals surface area contributed by atoms with Crippen LogP contribution < -0.4 is 9.47 Å². The van der Waals surface area contributed by atoms with Gasteiger partial charge in [0.05, 0.1) is 37.3 Å². The van der Waals surface area contributed by atoms with Gasteiger partial charge in [-0.05, 0) is 25.1 Å². The molecule has 1 aromatic carbocycles. The quantitative estimate of drug-likeness (QED) is 0.391. The molecular formula is C20H20N4O3S2. The highest BCUT2D eigenvalue weighted by Gasteiger charge is 2.17. The number of rotatable bonds is 7. The van der Waals surface area contributed by atoms with Gasteiger partial charge in [0, 0.05) is 18.2 Å². The Morgan fingerprint density at radius 1 is 1.14 bits per heavy atom. The first-order valence-electron chi connectivity index (χ1n) is 8.84. The zero-order valence-electron chi connectivity index (χ0n) is 16.5. The van der Waals surface area contributed by atoms with E-state index in [0.717, 1.165) is 38.6 Å². The molecule has 0 saturated carbocycles. The standard InChI is InChI=1S/C20H20N4O3S2/c1-12-14(8-9-27-12)18-22-23-20(24(18)2)29-11-13-10-28-19(21-13)15-6-5-7-16(25-3)17(15)26-4/h5-10H,11H2,1-4H3. The van der Waals surface area contributed by atoms with Gasteiger partial charge in [-0.25, -0.2) is 4.98 Å². The van der Waals surface area contributed by atoms with Crippen molar-refractivity contribution in [1.82, 2.24) is 19.7 Å². The molecule has 4 rings (SSSR count). The number of ether oxygens (including phenoxy) is 2. The molecule has 0 aliphatic rings. The van der Waals surface area contributed by atoms with Crippen molar-refractivity contribution in [3.05, 3.63) is 47.4 Å². The van der Waals surface area contributed by atoms with Crippen LogP contribution in [0.3, 0.4) is 0 Å². The van der Waals surface area contributed by atoms with Crippen molar-refractivity contribution < 1.29 is 13.9 Å². The molecule has 3 aromatic heterocycles. The van der Waals surface area contributed by atoms with E-state index in [0.29, 0.717) is 17.3 Å². The molecular weight excluding hydrogens is 408 g/mol. The fourth-order valence-corrected chi connectivity index (χ4v) is 4.73. The molecule has 3 heterocycles. The van der Waals surface area contributed by atoms with Crippen LogP contribution in [-0.4, -0.2) is 34.0 Å². The Morgan fingerprint density at radius 2 is 2.00 bits per heavy atom. The van der Waals surface area contributed by atoms with Crippen LogP contribution in [-0.2, 0) is 12.8 Å². The van der Waals surface area contributed by atoms with Gasteiger partial charge in [-0.2, -0.15) is 0 Å². The van der Waals surface area contributed by atoms with Gasteiger partial charge in [-0.3, -0.25) is 0 Å². The lowest BCUT2D eigenvalue weighted by atomic mass is 10.2. The molecule has 0 amide bonds. The summed E-state index contributed by atoms with van der Waals surface area (Å²) >= 11 is 3.18. The third-order valence-electron chi connectivity index (χ3n) is 4.47. The van der Waals surface area contributed by atoms with E-state index >= 15 is 0 Å². The number of methoxy groups -OCH3 is 2. The fourth-order valence-electron chi connectivity index (χ4n) is 2.98. The minimum atomic E-state index is 0.692. The minimum Gasteiger partial charge on any atom is -0.493 e. The Kier molecular flexibility index (Phi) is 5.59. The molecule has 0 saturated heterocycles. The summed E-state index contributed by atoms with van der Waals surface area (Å²) in [5, 5.41) is 12.4. The summed E-state index contributed by atoms with van der Waals surface area (Å²) in [5.41, 5.74) is 2.85. The summed E-state index contributed by atoms with van der Waals surface area (Å²) in [5.74, 6) is 3.69. The van der Waals surface area contributed by atoms with Crippen LogP contribution in [0.15, 0.2) is 45.5 Å². The van der Waals surface area contributed by atoms with E-state index in [1.165, 1.54) is 0 Å². The number of aryl methyl sites for hydroxylation is 1. The second-order valence-corrected chi connectivity index (χ2v) is 8.03. The Morgan fingerprint density at radius 3 is 2.72 bits per heavy atom. The van der Waals surface area contributed by atoms with Crippen molar-refractivity contribution in [2.45, 2.75) is 17.8 Å². The van der Waals surface area contributed by atoms with Crippen molar-refractivity contribution in [1.29, 1.82) is 0 Å². The topological polar surface area (TPSA) is 75.2 Å². The number of para-hydroxylation sites is 1. The van der Waals surface area contributed by atoms with Gasteiger partial charge < -0.3 is 18.5 Å². The average Bonchev–Trinajstić information content (AvgIpc) is 3.46. The number of hydrogen-bond acceptors (Lipinski definition) is 8. The van der Waals surface area contributed by atoms with E-state index < -0.39 is 0 Å². The number of benzene rings is 1. The number of nitrogens with zero attached hydrogens (tertiary/aromatic N) is 4. The first-order chi connectivity index (χ1) is 14.1. The average molecular weight is 429 g/mol. The van der Waals surface area contributed by atoms with Crippen LogP contribution in [0.25, 0.3) is 22.0 Å². The van der Waals surface area contributed by atoms with Gasteiger partial charge >= 0.3 is 0 Å². The highest BCUT2D eigenvalue weighted by molar-refractivity contribution is 7.98. The second kappa shape index (κ2) is 8.30. The predicted octanol–water partition coefficient (Wildman–Crippen LogP) is 4.82. The SMILES string of the molecule is COc1cccc(-c2nc(CSc3nnc(-c4ccoc4C)n3C)cs2)c1OC. The molecule has 4 aromatic rings. The lowest BCUT2D eigenvalue weighted by Gasteiger charge is -2.10. The summed E-state index contributed by atoms with van der Waals surface area (Å²) in [6.07, 6.45) is 1.66. The summed E-state index contributed by atoms with van der Waals surface area (Å²) in [6.45, 7) is 1.92. The molecule has 0 N–H and O–H groups in total. The van der Waals surface area contributed by atoms with Gasteiger partial charge in [0.1, 0.15) is 10.8 Å². The second-order valence-electron chi connectivity index (χ2n) is 6.23. The highest BCUT2D eigenvalue weighted by Crippen LogP contribution is 2.39. The Balaban J connectivity index is 1.52. The highest BCUT2D eigenvalue weighted by atomic mass is 32.2. The molecule has 29 heavy (non-hydrogen) atoms. The first-order valence-corrected chi connectivity index (χ1v) is 10.7. The lowest BCUT2D eigenvalue weighted by molar-refractivity contribution is 0.356. The summed E-state index contributed by atoms with van der Waals surface area (Å²) in [6, 6.07) is 7.70. The maximum absolute atomic E-state index is 5.53. The molecule has 7 nitrogen and oxygen atoms in total. The zero-order chi connectivity index (χ0) is 20.4. The molecule has 0 bridgehead atoms. The van der Waals surface area contributed by atoms with Crippen LogP contribution in [0.5, 0.6) is 11.5 Å². The Labute approximate surface area is 176 Å². The maximum Gasteiger partial charge on any atom is 0.191 e. The third kappa shape index (κ3) is 3.75. The smallest absolute Gasteiger partial charge is 0.191 e. The van der Waals surface area contributed by atoms with Crippen LogP contribution in [0, 0.1) is 6.92 Å². The molecule has 0 aliphatic heterocycles. The van der Waals surface area contributed by atoms with Crippen LogP contribution in [0.2, 0.25) is 0 Å². The predicted molar refractivity (Wildman–Crippen MR) is 114 cm³/mol. The van der Waals surface area contributed by atoms with Gasteiger partial charge in [0.15, 0.2) is 22.5 Å². The van der Waals surface area contributed by atoms with Crippen LogP contribution in [0.1, 0.15) is 11.5 Å². The summed E-state index contributed by atoms with van der Waals surface area (Å²) in [4.78, 5) is 4.77. The largest absolute Gasteiger partial charge is 0.493 e. The van der Waals surface area contributed by atoms with Gasteiger partial charge in [-0.1, -0.05) is 17.8 Å². The van der Waals surface area contributed by atoms with Crippen LogP contribution in [0.4, 0.5) is 0 Å². The molecule has 0 spiro atoms. The van der Waals surface area contributed by atoms with E-state index in [1.54, 1.807) is 43.6 Å². The number of thioether (sulfide) groups is 1. The summed E-state index contributed by atoms with van der Waals surface area (Å²) in [7, 11) is 5.22. The van der Waals surface area contributed by atoms with E-state index in [1.807, 2.05) is 42.8 Å². The molecule has 0 aliphatic carbocycles.